The molecule has 0 saturated heterocycles. The summed E-state index contributed by atoms with van der Waals surface area (Å²) in [6.07, 6.45) is 2.04. The van der Waals surface area contributed by atoms with E-state index in [-0.39, 0.29) is 5.75 Å². The van der Waals surface area contributed by atoms with Crippen LogP contribution in [0.2, 0.25) is 0 Å². The summed E-state index contributed by atoms with van der Waals surface area (Å²) in [4.78, 5) is 4.43. The Labute approximate surface area is 88.5 Å². The van der Waals surface area contributed by atoms with Gasteiger partial charge in [0, 0.05) is 5.71 Å². The molecule has 15 heavy (non-hydrogen) atoms. The predicted molar refractivity (Wildman–Crippen MR) is 58.6 cm³/mol. The van der Waals surface area contributed by atoms with Crippen molar-refractivity contribution in [2.24, 2.45) is 4.99 Å². The first kappa shape index (κ1) is 10.1. The highest BCUT2D eigenvalue weighted by Gasteiger charge is 2.16. The van der Waals surface area contributed by atoms with Gasteiger partial charge in [0.15, 0.2) is 0 Å². The molecule has 0 aromatic heterocycles. The van der Waals surface area contributed by atoms with Crippen molar-refractivity contribution >= 4 is 11.4 Å². The zero-order chi connectivity index (χ0) is 10.7. The molecule has 0 bridgehead atoms. The summed E-state index contributed by atoms with van der Waals surface area (Å²) in [6.45, 7) is 0. The summed E-state index contributed by atoms with van der Waals surface area (Å²) in [5.41, 5.74) is 1.90. The van der Waals surface area contributed by atoms with Crippen molar-refractivity contribution in [1.82, 2.24) is 0 Å². The molecule has 1 saturated carbocycles. The molecule has 0 spiro atoms. The van der Waals surface area contributed by atoms with Gasteiger partial charge in [-0.25, -0.2) is 4.39 Å². The molecule has 2 rings (SSSR count). The van der Waals surface area contributed by atoms with Crippen LogP contribution >= 0.6 is 0 Å². The zero-order valence-corrected chi connectivity index (χ0v) is 8.49. The largest absolute Gasteiger partial charge is 0.508 e. The highest BCUT2D eigenvalue weighted by atomic mass is 19.1. The smallest absolute Gasteiger partial charge is 0.115 e. The van der Waals surface area contributed by atoms with Gasteiger partial charge in [-0.15, -0.1) is 0 Å². The van der Waals surface area contributed by atoms with Crippen molar-refractivity contribution < 1.29 is 9.50 Å². The average Bonchev–Trinajstić information content (AvgIpc) is 2.25. The number of halogens is 1. The van der Waals surface area contributed by atoms with Crippen LogP contribution in [0.15, 0.2) is 29.3 Å². The van der Waals surface area contributed by atoms with E-state index in [9.17, 15) is 4.39 Å². The normalized spacial score (nSPS) is 21.4. The second-order valence-corrected chi connectivity index (χ2v) is 3.87. The van der Waals surface area contributed by atoms with Crippen molar-refractivity contribution in [3.05, 3.63) is 24.3 Å². The van der Waals surface area contributed by atoms with Crippen LogP contribution in [0.5, 0.6) is 5.75 Å². The van der Waals surface area contributed by atoms with E-state index in [0.29, 0.717) is 12.8 Å². The summed E-state index contributed by atoms with van der Waals surface area (Å²) >= 11 is 0. The predicted octanol–water partition coefficient (Wildman–Crippen LogP) is 3.38. The second kappa shape index (κ2) is 4.43. The number of hydrogen-bond acceptors (Lipinski definition) is 2. The molecule has 1 aromatic carbocycles. The second-order valence-electron chi connectivity index (χ2n) is 3.87. The third-order valence-electron chi connectivity index (χ3n) is 2.63. The van der Waals surface area contributed by atoms with Crippen LogP contribution < -0.4 is 0 Å². The summed E-state index contributed by atoms with van der Waals surface area (Å²) in [6, 6.07) is 6.76. The molecule has 1 N–H and O–H groups in total. The Kier molecular flexibility index (Phi) is 2.99. The standard InChI is InChI=1S/C12H14FNO/c13-9-1-3-10(4-2-9)14-11-5-7-12(15)8-6-11/h5-9,15H,1-4H2. The quantitative estimate of drug-likeness (QED) is 0.752. The van der Waals surface area contributed by atoms with Gasteiger partial charge in [-0.3, -0.25) is 4.99 Å². The number of benzene rings is 1. The minimum Gasteiger partial charge on any atom is -0.508 e. The molecule has 0 amide bonds. The van der Waals surface area contributed by atoms with Crippen LogP contribution in [0, 0.1) is 0 Å². The summed E-state index contributed by atoms with van der Waals surface area (Å²) in [5, 5.41) is 9.10. The molecule has 0 heterocycles. The lowest BCUT2D eigenvalue weighted by molar-refractivity contribution is 0.292. The van der Waals surface area contributed by atoms with Crippen LogP contribution in [0.3, 0.4) is 0 Å². The maximum atomic E-state index is 12.9. The SMILES string of the molecule is Oc1ccc(N=C2CCC(F)CC2)cc1. The third-order valence-corrected chi connectivity index (χ3v) is 2.63. The molecule has 2 nitrogen and oxygen atoms in total. The fourth-order valence-electron chi connectivity index (χ4n) is 1.74. The zero-order valence-electron chi connectivity index (χ0n) is 8.49. The van der Waals surface area contributed by atoms with Gasteiger partial charge >= 0.3 is 0 Å². The number of aliphatic imine (C=N–C) groups is 1. The van der Waals surface area contributed by atoms with Gasteiger partial charge in [0.05, 0.1) is 5.69 Å². The molecular weight excluding hydrogens is 193 g/mol. The Hall–Kier alpha value is -1.38. The van der Waals surface area contributed by atoms with Crippen molar-refractivity contribution in [1.29, 1.82) is 0 Å². The summed E-state index contributed by atoms with van der Waals surface area (Å²) in [7, 11) is 0. The lowest BCUT2D eigenvalue weighted by Crippen LogP contribution is -2.14. The van der Waals surface area contributed by atoms with Crippen molar-refractivity contribution in [2.75, 3.05) is 0 Å². The summed E-state index contributed by atoms with van der Waals surface area (Å²) < 4.78 is 12.9. The van der Waals surface area contributed by atoms with Crippen molar-refractivity contribution in [3.8, 4) is 5.75 Å². The molecule has 80 valence electrons. The first-order valence-electron chi connectivity index (χ1n) is 5.23. The Balaban J connectivity index is 2.06. The number of rotatable bonds is 1. The number of nitrogens with zero attached hydrogens (tertiary/aromatic N) is 1. The van der Waals surface area contributed by atoms with Crippen LogP contribution in [0.25, 0.3) is 0 Å². The van der Waals surface area contributed by atoms with E-state index in [1.807, 2.05) is 0 Å². The average molecular weight is 207 g/mol. The Bertz CT molecular complexity index is 348. The molecule has 1 aromatic rings. The molecule has 1 aliphatic carbocycles. The first-order chi connectivity index (χ1) is 7.24. The maximum Gasteiger partial charge on any atom is 0.115 e. The van der Waals surface area contributed by atoms with Crippen LogP contribution in [-0.2, 0) is 0 Å². The number of hydrogen-bond donors (Lipinski definition) is 1. The van der Waals surface area contributed by atoms with Crippen LogP contribution in [-0.4, -0.2) is 17.0 Å². The van der Waals surface area contributed by atoms with E-state index in [1.165, 1.54) is 0 Å². The van der Waals surface area contributed by atoms with Crippen molar-refractivity contribution in [2.45, 2.75) is 31.9 Å². The fraction of sp³-hybridized carbons (Fsp3) is 0.417. The topological polar surface area (TPSA) is 32.6 Å². The Morgan fingerprint density at radius 1 is 1.13 bits per heavy atom. The molecule has 3 heteroatoms. The number of phenolic OH excluding ortho intramolecular Hbond substituents is 1. The number of aromatic hydroxyl groups is 1. The Morgan fingerprint density at radius 3 is 2.33 bits per heavy atom. The van der Waals surface area contributed by atoms with E-state index >= 15 is 0 Å². The van der Waals surface area contributed by atoms with E-state index in [0.717, 1.165) is 24.2 Å². The maximum absolute atomic E-state index is 12.9. The molecule has 0 aliphatic heterocycles. The van der Waals surface area contributed by atoms with Crippen molar-refractivity contribution in [3.63, 3.8) is 0 Å². The van der Waals surface area contributed by atoms with E-state index < -0.39 is 6.17 Å². The molecule has 1 aliphatic rings. The number of alkyl halides is 1. The van der Waals surface area contributed by atoms with Crippen LogP contribution in [0.4, 0.5) is 10.1 Å². The monoisotopic (exact) mass is 207 g/mol. The lowest BCUT2D eigenvalue weighted by atomic mass is 9.97. The van der Waals surface area contributed by atoms with E-state index in [1.54, 1.807) is 24.3 Å². The fourth-order valence-corrected chi connectivity index (χ4v) is 1.74. The van der Waals surface area contributed by atoms with Gasteiger partial charge in [-0.2, -0.15) is 0 Å². The summed E-state index contributed by atoms with van der Waals surface area (Å²) in [5.74, 6) is 0.242. The van der Waals surface area contributed by atoms with Gasteiger partial charge in [-0.1, -0.05) is 0 Å². The molecule has 0 radical (unpaired) electrons. The molecule has 1 fully saturated rings. The number of phenols is 1. The van der Waals surface area contributed by atoms with Gasteiger partial charge in [0.1, 0.15) is 11.9 Å². The van der Waals surface area contributed by atoms with Gasteiger partial charge in [0.2, 0.25) is 0 Å². The van der Waals surface area contributed by atoms with Gasteiger partial charge in [0.25, 0.3) is 0 Å². The molecular formula is C12H14FNO. The molecule has 0 atom stereocenters. The first-order valence-corrected chi connectivity index (χ1v) is 5.23. The van der Waals surface area contributed by atoms with E-state index in [2.05, 4.69) is 4.99 Å². The molecule has 0 unspecified atom stereocenters. The Morgan fingerprint density at radius 2 is 1.73 bits per heavy atom. The van der Waals surface area contributed by atoms with Gasteiger partial charge in [-0.05, 0) is 49.9 Å². The minimum absolute atomic E-state index is 0.242. The highest BCUT2D eigenvalue weighted by Crippen LogP contribution is 2.23. The minimum atomic E-state index is -0.649. The third kappa shape index (κ3) is 2.78. The van der Waals surface area contributed by atoms with E-state index in [4.69, 9.17) is 5.11 Å². The lowest BCUT2D eigenvalue weighted by Gasteiger charge is -2.16. The van der Waals surface area contributed by atoms with Gasteiger partial charge < -0.3 is 5.11 Å². The highest BCUT2D eigenvalue weighted by molar-refractivity contribution is 5.87. The van der Waals surface area contributed by atoms with Crippen LogP contribution in [0.1, 0.15) is 25.7 Å².